The van der Waals surface area contributed by atoms with E-state index in [-0.39, 0.29) is 46.8 Å². The van der Waals surface area contributed by atoms with Crippen molar-refractivity contribution in [2.75, 3.05) is 44.7 Å². The van der Waals surface area contributed by atoms with Gasteiger partial charge in [-0.25, -0.2) is 13.2 Å². The third-order valence-corrected chi connectivity index (χ3v) is 11.1. The van der Waals surface area contributed by atoms with Gasteiger partial charge < -0.3 is 14.5 Å². The Balaban J connectivity index is 1.38. The third-order valence-electron chi connectivity index (χ3n) is 11.1. The molecule has 3 fully saturated rings. The fourth-order valence-corrected chi connectivity index (χ4v) is 8.43. The summed E-state index contributed by atoms with van der Waals surface area (Å²) in [4.78, 5) is 32.8. The molecule has 7 rings (SSSR count). The molecule has 3 aliphatic heterocycles. The van der Waals surface area contributed by atoms with E-state index >= 15 is 4.39 Å². The van der Waals surface area contributed by atoms with Crippen molar-refractivity contribution < 1.29 is 22.7 Å². The summed E-state index contributed by atoms with van der Waals surface area (Å²) in [6.45, 7) is 10.3. The summed E-state index contributed by atoms with van der Waals surface area (Å²) in [6.07, 6.45) is 11.4. The second-order valence-electron chi connectivity index (χ2n) is 14.6. The summed E-state index contributed by atoms with van der Waals surface area (Å²) in [7, 11) is 1.77. The Labute approximate surface area is 290 Å². The number of halogens is 3. The number of likely N-dealkylation sites (N-methyl/N-ethyl adjacent to an activating group) is 1. The lowest BCUT2D eigenvalue weighted by Crippen LogP contribution is -2.50. The van der Waals surface area contributed by atoms with Crippen LogP contribution in [0.1, 0.15) is 51.5 Å². The van der Waals surface area contributed by atoms with E-state index in [2.05, 4.69) is 41.2 Å². The Kier molecular flexibility index (Phi) is 8.71. The van der Waals surface area contributed by atoms with E-state index in [0.717, 1.165) is 32.2 Å². The summed E-state index contributed by atoms with van der Waals surface area (Å²) in [5.74, 6) is 1.34. The van der Waals surface area contributed by atoms with Crippen molar-refractivity contribution in [3.05, 3.63) is 66.4 Å². The zero-order valence-electron chi connectivity index (χ0n) is 28.7. The minimum atomic E-state index is -0.941. The zero-order valence-corrected chi connectivity index (χ0v) is 28.7. The van der Waals surface area contributed by atoms with Crippen molar-refractivity contribution in [2.24, 2.45) is 5.41 Å². The zero-order chi connectivity index (χ0) is 35.4. The van der Waals surface area contributed by atoms with Gasteiger partial charge in [-0.2, -0.15) is 9.97 Å². The number of rotatable bonds is 7. The molecule has 3 saturated heterocycles. The Morgan fingerprint density at radius 3 is 2.74 bits per heavy atom. The van der Waals surface area contributed by atoms with E-state index in [1.54, 1.807) is 36.2 Å². The number of anilines is 1. The smallest absolute Gasteiger partial charge is 0.319 e. The second kappa shape index (κ2) is 12.9. The molecule has 0 saturated carbocycles. The number of aromatic nitrogens is 3. The van der Waals surface area contributed by atoms with Crippen LogP contribution in [0.25, 0.3) is 32.9 Å². The molecule has 260 valence electrons. The number of carbonyl (C=O) groups excluding carboxylic acids is 1. The van der Waals surface area contributed by atoms with Crippen molar-refractivity contribution >= 4 is 33.4 Å². The maximum Gasteiger partial charge on any atom is 0.319 e. The standard InChI is InChI=1S/C39H41F3N6O2/c1-6-26-29(41)14-13-24-11-8-12-27(32(24)26)34-33(42)35-28(20-43-34)36(47-17-9-15-38(3,4)30(22-47)46(5)31(49)7-2)45-37(44-35)50-23-39-16-10-18-48(39)21-25(40)19-39/h1,7-8,11-14,20,25,30H,2,9-10,15-19,21-23H2,3-5H3/t25-,30?,39+/m1/s1. The van der Waals surface area contributed by atoms with Crippen LogP contribution < -0.4 is 9.64 Å². The van der Waals surface area contributed by atoms with Crippen LogP contribution in [-0.4, -0.2) is 88.2 Å². The Bertz CT molecular complexity index is 2050. The van der Waals surface area contributed by atoms with Crippen molar-refractivity contribution in [2.45, 2.75) is 63.7 Å². The fraction of sp³-hybridized carbons (Fsp3) is 0.436. The highest BCUT2D eigenvalue weighted by Crippen LogP contribution is 2.42. The molecule has 2 aromatic carbocycles. The van der Waals surface area contributed by atoms with Crippen LogP contribution in [0.2, 0.25) is 0 Å². The van der Waals surface area contributed by atoms with E-state index < -0.39 is 23.3 Å². The maximum absolute atomic E-state index is 17.0. The predicted octanol–water partition coefficient (Wildman–Crippen LogP) is 6.70. The number of terminal acetylenes is 1. The van der Waals surface area contributed by atoms with E-state index in [0.29, 0.717) is 53.6 Å². The highest BCUT2D eigenvalue weighted by Gasteiger charge is 2.49. The molecule has 0 radical (unpaired) electrons. The number of benzene rings is 2. The number of carbonyl (C=O) groups is 1. The molecular formula is C39H41F3N6O2. The SMILES string of the molecule is C#Cc1c(F)ccc2cccc(-c3ncc4c(N5CCCC(C)(C)C(N(C)C(=O)C=C)C5)nc(OC[C@@]56CCCN5C[C@H](F)C6)nc4c3F)c12. The Hall–Kier alpha value is -4.69. The summed E-state index contributed by atoms with van der Waals surface area (Å²) in [6, 6.07) is 7.83. The predicted molar refractivity (Wildman–Crippen MR) is 189 cm³/mol. The molecule has 1 unspecified atom stereocenters. The molecule has 1 amide bonds. The van der Waals surface area contributed by atoms with E-state index in [1.807, 2.05) is 4.90 Å². The van der Waals surface area contributed by atoms with Crippen LogP contribution in [0.15, 0.2) is 49.2 Å². The van der Waals surface area contributed by atoms with Crippen molar-refractivity contribution in [1.82, 2.24) is 24.8 Å². The molecule has 4 aromatic rings. The van der Waals surface area contributed by atoms with Gasteiger partial charge in [0.25, 0.3) is 0 Å². The number of ether oxygens (including phenoxy) is 1. The summed E-state index contributed by atoms with van der Waals surface area (Å²) < 4.78 is 52.8. The normalized spacial score (nSPS) is 23.4. The lowest BCUT2D eigenvalue weighted by molar-refractivity contribution is -0.128. The number of pyridine rings is 1. The van der Waals surface area contributed by atoms with Gasteiger partial charge in [0.2, 0.25) is 5.91 Å². The highest BCUT2D eigenvalue weighted by atomic mass is 19.1. The second-order valence-corrected chi connectivity index (χ2v) is 14.6. The van der Waals surface area contributed by atoms with Crippen LogP contribution >= 0.6 is 0 Å². The first-order valence-electron chi connectivity index (χ1n) is 17.2. The first-order chi connectivity index (χ1) is 24.0. The van der Waals surface area contributed by atoms with Crippen molar-refractivity contribution in [3.8, 4) is 29.6 Å². The molecule has 0 bridgehead atoms. The van der Waals surface area contributed by atoms with Gasteiger partial charge >= 0.3 is 6.01 Å². The topological polar surface area (TPSA) is 74.7 Å². The van der Waals surface area contributed by atoms with Crippen LogP contribution in [0.4, 0.5) is 19.0 Å². The third kappa shape index (κ3) is 5.73. The lowest BCUT2D eigenvalue weighted by Gasteiger charge is -2.40. The molecule has 0 N–H and O–H groups in total. The summed E-state index contributed by atoms with van der Waals surface area (Å²) in [5, 5.41) is 1.38. The first-order valence-corrected chi connectivity index (χ1v) is 17.2. The molecule has 0 aliphatic carbocycles. The number of nitrogens with zero attached hydrogens (tertiary/aromatic N) is 6. The number of hydrogen-bond donors (Lipinski definition) is 0. The highest BCUT2D eigenvalue weighted by molar-refractivity contribution is 6.02. The molecule has 50 heavy (non-hydrogen) atoms. The molecule has 0 spiro atoms. The maximum atomic E-state index is 17.0. The van der Waals surface area contributed by atoms with Gasteiger partial charge in [0.1, 0.15) is 35.6 Å². The molecule has 8 nitrogen and oxygen atoms in total. The molecule has 11 heteroatoms. The number of fused-ring (bicyclic) bond motifs is 3. The van der Waals surface area contributed by atoms with Gasteiger partial charge in [0, 0.05) is 50.2 Å². The Morgan fingerprint density at radius 2 is 1.96 bits per heavy atom. The summed E-state index contributed by atoms with van der Waals surface area (Å²) >= 11 is 0. The minimum absolute atomic E-state index is 0.0168. The quantitative estimate of drug-likeness (QED) is 0.159. The van der Waals surface area contributed by atoms with Gasteiger partial charge in [0.15, 0.2) is 5.82 Å². The van der Waals surface area contributed by atoms with Crippen LogP contribution in [0, 0.1) is 29.4 Å². The molecule has 2 aromatic heterocycles. The lowest BCUT2D eigenvalue weighted by atomic mass is 9.80. The summed E-state index contributed by atoms with van der Waals surface area (Å²) in [5.41, 5.74) is -0.412. The van der Waals surface area contributed by atoms with Gasteiger partial charge in [-0.15, -0.1) is 6.42 Å². The molecule has 5 heterocycles. The monoisotopic (exact) mass is 682 g/mol. The van der Waals surface area contributed by atoms with Gasteiger partial charge in [-0.05, 0) is 55.2 Å². The van der Waals surface area contributed by atoms with Crippen molar-refractivity contribution in [1.29, 1.82) is 0 Å². The Morgan fingerprint density at radius 1 is 1.16 bits per heavy atom. The minimum Gasteiger partial charge on any atom is -0.461 e. The number of alkyl halides is 1. The van der Waals surface area contributed by atoms with Gasteiger partial charge in [0.05, 0.1) is 22.5 Å². The van der Waals surface area contributed by atoms with E-state index in [9.17, 15) is 13.6 Å². The largest absolute Gasteiger partial charge is 0.461 e. The average Bonchev–Trinajstić information content (AvgIpc) is 3.57. The van der Waals surface area contributed by atoms with E-state index in [4.69, 9.17) is 16.1 Å². The first kappa shape index (κ1) is 33.8. The van der Waals surface area contributed by atoms with E-state index in [1.165, 1.54) is 18.3 Å². The fourth-order valence-electron chi connectivity index (χ4n) is 8.43. The molecular weight excluding hydrogens is 641 g/mol. The molecule has 3 aliphatic rings. The van der Waals surface area contributed by atoms with Crippen LogP contribution in [0.5, 0.6) is 6.01 Å². The van der Waals surface area contributed by atoms with Crippen LogP contribution in [0.3, 0.4) is 0 Å². The average molecular weight is 683 g/mol. The van der Waals surface area contributed by atoms with Crippen LogP contribution in [-0.2, 0) is 4.79 Å². The van der Waals surface area contributed by atoms with Crippen molar-refractivity contribution in [3.63, 3.8) is 0 Å². The molecule has 3 atom stereocenters. The van der Waals surface area contributed by atoms with Gasteiger partial charge in [-0.3, -0.25) is 14.7 Å². The number of hydrogen-bond acceptors (Lipinski definition) is 7. The number of amides is 1. The van der Waals surface area contributed by atoms with Gasteiger partial charge in [-0.1, -0.05) is 50.6 Å².